The van der Waals surface area contributed by atoms with Crippen molar-refractivity contribution in [2.45, 2.75) is 18.8 Å². The third-order valence-corrected chi connectivity index (χ3v) is 1.76. The van der Waals surface area contributed by atoms with Crippen LogP contribution in [-0.2, 0) is 6.54 Å². The summed E-state index contributed by atoms with van der Waals surface area (Å²) in [6.07, 6.45) is -0.0116. The molecule has 0 bridgehead atoms. The first-order chi connectivity index (χ1) is 6.69. The van der Waals surface area contributed by atoms with Gasteiger partial charge in [-0.2, -0.15) is 0 Å². The van der Waals surface area contributed by atoms with E-state index >= 15 is 0 Å². The predicted molar refractivity (Wildman–Crippen MR) is 45.7 cm³/mol. The molecule has 1 aromatic rings. The second kappa shape index (κ2) is 4.77. The van der Waals surface area contributed by atoms with E-state index in [0.717, 1.165) is 0 Å². The molecule has 0 spiro atoms. The first kappa shape index (κ1) is 10.7. The monoisotopic (exact) mass is 203 g/mol. The SMILES string of the molecule is O=Nc1nccn1CC(O)C(O)CF. The Morgan fingerprint density at radius 2 is 2.29 bits per heavy atom. The number of hydrogen-bond donors (Lipinski definition) is 2. The summed E-state index contributed by atoms with van der Waals surface area (Å²) in [6.45, 7) is -1.16. The number of aromatic nitrogens is 2. The Kier molecular flexibility index (Phi) is 3.66. The molecule has 2 unspecified atom stereocenters. The summed E-state index contributed by atoms with van der Waals surface area (Å²) in [5.41, 5.74) is 0. The molecule has 0 aliphatic carbocycles. The van der Waals surface area contributed by atoms with Gasteiger partial charge in [0.2, 0.25) is 0 Å². The minimum absolute atomic E-state index is 0.116. The molecule has 6 nitrogen and oxygen atoms in total. The van der Waals surface area contributed by atoms with Crippen molar-refractivity contribution in [3.05, 3.63) is 17.3 Å². The van der Waals surface area contributed by atoms with E-state index in [0.29, 0.717) is 0 Å². The molecular weight excluding hydrogens is 193 g/mol. The van der Waals surface area contributed by atoms with Crippen LogP contribution in [0.3, 0.4) is 0 Å². The van der Waals surface area contributed by atoms with Gasteiger partial charge < -0.3 is 14.8 Å². The Labute approximate surface area is 79.0 Å². The molecule has 14 heavy (non-hydrogen) atoms. The fraction of sp³-hybridized carbons (Fsp3) is 0.571. The van der Waals surface area contributed by atoms with Gasteiger partial charge in [0.05, 0.1) is 6.54 Å². The van der Waals surface area contributed by atoms with Crippen LogP contribution in [0.4, 0.5) is 10.3 Å². The third-order valence-electron chi connectivity index (χ3n) is 1.76. The van der Waals surface area contributed by atoms with Gasteiger partial charge in [-0.15, -0.1) is 4.91 Å². The van der Waals surface area contributed by atoms with E-state index in [9.17, 15) is 14.4 Å². The Morgan fingerprint density at radius 3 is 2.86 bits per heavy atom. The Balaban J connectivity index is 2.63. The van der Waals surface area contributed by atoms with Crippen molar-refractivity contribution in [3.63, 3.8) is 0 Å². The molecule has 0 fully saturated rings. The largest absolute Gasteiger partial charge is 0.388 e. The van der Waals surface area contributed by atoms with Crippen LogP contribution in [0.2, 0.25) is 0 Å². The Morgan fingerprint density at radius 1 is 1.57 bits per heavy atom. The topological polar surface area (TPSA) is 87.7 Å². The molecule has 0 saturated heterocycles. The molecule has 7 heteroatoms. The zero-order valence-corrected chi connectivity index (χ0v) is 7.25. The lowest BCUT2D eigenvalue weighted by molar-refractivity contribution is -0.00342. The minimum Gasteiger partial charge on any atom is -0.388 e. The summed E-state index contributed by atoms with van der Waals surface area (Å²) < 4.78 is 13.2. The fourth-order valence-corrected chi connectivity index (χ4v) is 0.966. The van der Waals surface area contributed by atoms with E-state index in [2.05, 4.69) is 10.2 Å². The number of alkyl halides is 1. The molecule has 1 heterocycles. The summed E-state index contributed by atoms with van der Waals surface area (Å²) in [4.78, 5) is 13.7. The standard InChI is InChI=1S/C7H10FN3O3/c8-3-5(12)6(13)4-11-2-1-9-7(11)10-14/h1-2,5-6,12-13H,3-4H2. The van der Waals surface area contributed by atoms with Crippen molar-refractivity contribution < 1.29 is 14.6 Å². The van der Waals surface area contributed by atoms with Crippen LogP contribution < -0.4 is 0 Å². The summed E-state index contributed by atoms with van der Waals surface area (Å²) in [7, 11) is 0. The van der Waals surface area contributed by atoms with Crippen LogP contribution in [0.5, 0.6) is 0 Å². The molecule has 0 saturated carbocycles. The molecule has 0 radical (unpaired) electrons. The lowest BCUT2D eigenvalue weighted by atomic mass is 10.2. The van der Waals surface area contributed by atoms with E-state index in [1.165, 1.54) is 17.0 Å². The molecule has 0 amide bonds. The first-order valence-electron chi connectivity index (χ1n) is 3.95. The number of nitroso groups, excluding NO2 is 1. The van der Waals surface area contributed by atoms with Crippen LogP contribution in [0.1, 0.15) is 0 Å². The Hall–Kier alpha value is -1.34. The van der Waals surface area contributed by atoms with Gasteiger partial charge in [-0.3, -0.25) is 0 Å². The van der Waals surface area contributed by atoms with Gasteiger partial charge in [-0.1, -0.05) is 0 Å². The highest BCUT2D eigenvalue weighted by molar-refractivity contribution is 5.15. The maximum Gasteiger partial charge on any atom is 0.271 e. The average molecular weight is 203 g/mol. The number of hydrogen-bond acceptors (Lipinski definition) is 5. The predicted octanol–water partition coefficient (Wildman–Crippen LogP) is -0.0277. The summed E-state index contributed by atoms with van der Waals surface area (Å²) in [5, 5.41) is 20.7. The second-order valence-corrected chi connectivity index (χ2v) is 2.76. The number of aliphatic hydroxyl groups excluding tert-OH is 2. The normalized spacial score (nSPS) is 15.1. The van der Waals surface area contributed by atoms with Gasteiger partial charge in [0.1, 0.15) is 18.9 Å². The molecule has 78 valence electrons. The quantitative estimate of drug-likeness (QED) is 0.658. The summed E-state index contributed by atoms with van der Waals surface area (Å²) in [6, 6.07) is 0. The highest BCUT2D eigenvalue weighted by Gasteiger charge is 2.17. The van der Waals surface area contributed by atoms with Crippen molar-refractivity contribution in [2.75, 3.05) is 6.67 Å². The van der Waals surface area contributed by atoms with Crippen molar-refractivity contribution in [1.82, 2.24) is 9.55 Å². The number of halogens is 1. The van der Waals surface area contributed by atoms with E-state index < -0.39 is 18.9 Å². The van der Waals surface area contributed by atoms with Gasteiger partial charge >= 0.3 is 0 Å². The van der Waals surface area contributed by atoms with E-state index in [-0.39, 0.29) is 12.5 Å². The van der Waals surface area contributed by atoms with Crippen LogP contribution >= 0.6 is 0 Å². The zero-order chi connectivity index (χ0) is 10.6. The molecule has 2 atom stereocenters. The van der Waals surface area contributed by atoms with Crippen molar-refractivity contribution in [1.29, 1.82) is 0 Å². The van der Waals surface area contributed by atoms with E-state index in [4.69, 9.17) is 5.11 Å². The molecule has 0 aliphatic rings. The van der Waals surface area contributed by atoms with Crippen molar-refractivity contribution in [3.8, 4) is 0 Å². The van der Waals surface area contributed by atoms with Crippen molar-refractivity contribution in [2.24, 2.45) is 5.18 Å². The van der Waals surface area contributed by atoms with Gasteiger partial charge in [0, 0.05) is 17.6 Å². The number of nitrogens with zero attached hydrogens (tertiary/aromatic N) is 3. The lowest BCUT2D eigenvalue weighted by Crippen LogP contribution is -2.31. The molecule has 1 aromatic heterocycles. The molecule has 2 N–H and O–H groups in total. The average Bonchev–Trinajstić information content (AvgIpc) is 2.63. The first-order valence-corrected chi connectivity index (χ1v) is 3.95. The maximum absolute atomic E-state index is 11.9. The van der Waals surface area contributed by atoms with Crippen LogP contribution in [0, 0.1) is 4.91 Å². The number of rotatable bonds is 5. The summed E-state index contributed by atoms with van der Waals surface area (Å²) in [5.74, 6) is -0.116. The smallest absolute Gasteiger partial charge is 0.271 e. The van der Waals surface area contributed by atoms with Crippen LogP contribution in [0.15, 0.2) is 17.6 Å². The van der Waals surface area contributed by atoms with Gasteiger partial charge in [-0.05, 0) is 0 Å². The van der Waals surface area contributed by atoms with Crippen molar-refractivity contribution >= 4 is 5.95 Å². The third kappa shape index (κ3) is 2.33. The van der Waals surface area contributed by atoms with Gasteiger partial charge in [-0.25, -0.2) is 9.37 Å². The summed E-state index contributed by atoms with van der Waals surface area (Å²) >= 11 is 0. The maximum atomic E-state index is 11.9. The molecular formula is C7H10FN3O3. The number of imidazole rings is 1. The molecule has 1 rings (SSSR count). The molecule has 0 aliphatic heterocycles. The fourth-order valence-electron chi connectivity index (χ4n) is 0.966. The Bertz CT molecular complexity index is 304. The van der Waals surface area contributed by atoms with E-state index in [1.807, 2.05) is 0 Å². The zero-order valence-electron chi connectivity index (χ0n) is 7.25. The van der Waals surface area contributed by atoms with E-state index in [1.54, 1.807) is 0 Å². The van der Waals surface area contributed by atoms with Gasteiger partial charge in [0.15, 0.2) is 0 Å². The minimum atomic E-state index is -1.46. The van der Waals surface area contributed by atoms with Crippen LogP contribution in [-0.4, -0.2) is 38.6 Å². The second-order valence-electron chi connectivity index (χ2n) is 2.76. The molecule has 0 aromatic carbocycles. The van der Waals surface area contributed by atoms with Crippen LogP contribution in [0.25, 0.3) is 0 Å². The van der Waals surface area contributed by atoms with Gasteiger partial charge in [0.25, 0.3) is 5.95 Å². The number of aliphatic hydroxyl groups is 2. The lowest BCUT2D eigenvalue weighted by Gasteiger charge is -2.15. The highest BCUT2D eigenvalue weighted by Crippen LogP contribution is 2.09. The highest BCUT2D eigenvalue weighted by atomic mass is 19.1.